The van der Waals surface area contributed by atoms with Gasteiger partial charge in [0.05, 0.1) is 62.0 Å². The highest BCUT2D eigenvalue weighted by Gasteiger charge is 2.42. The number of alkyl halides is 6. The molecule has 0 radical (unpaired) electrons. The minimum Gasteiger partial charge on any atom is -0.379 e. The van der Waals surface area contributed by atoms with Gasteiger partial charge in [0.15, 0.2) is 0 Å². The second-order valence-corrected chi connectivity index (χ2v) is 18.5. The third kappa shape index (κ3) is 11.3. The van der Waals surface area contributed by atoms with Gasteiger partial charge in [-0.3, -0.25) is 39.3 Å². The van der Waals surface area contributed by atoms with E-state index in [2.05, 4.69) is 50.2 Å². The molecule has 0 unspecified atom stereocenters. The number of hydrogen-bond acceptors (Lipinski definition) is 12. The van der Waals surface area contributed by atoms with Gasteiger partial charge in [-0.25, -0.2) is 0 Å². The number of morpholine rings is 2. The van der Waals surface area contributed by atoms with Crippen molar-refractivity contribution >= 4 is 45.3 Å². The number of amides is 2. The van der Waals surface area contributed by atoms with Crippen LogP contribution in [-0.4, -0.2) is 146 Å². The fraction of sp³-hybridized carbons (Fsp3) is 0.609. The Bertz CT molecular complexity index is 2180. The van der Waals surface area contributed by atoms with Crippen LogP contribution in [0, 0.1) is 23.7 Å². The van der Waals surface area contributed by atoms with Crippen LogP contribution in [0.1, 0.15) is 49.7 Å². The van der Waals surface area contributed by atoms with Crippen molar-refractivity contribution < 1.29 is 45.4 Å². The molecule has 2 N–H and O–H groups in total. The summed E-state index contributed by atoms with van der Waals surface area (Å²) in [5.41, 5.74) is -0.0362. The van der Waals surface area contributed by atoms with E-state index in [1.54, 1.807) is 0 Å². The molecular weight excluding hydrogens is 871 g/mol. The molecule has 6 aliphatic rings. The molecule has 4 atom stereocenters. The second kappa shape index (κ2) is 19.7. The fourth-order valence-corrected chi connectivity index (χ4v) is 10.2. The Morgan fingerprint density at radius 1 is 0.530 bits per heavy atom. The van der Waals surface area contributed by atoms with E-state index in [9.17, 15) is 35.9 Å². The molecule has 4 aromatic rings. The van der Waals surface area contributed by atoms with Crippen LogP contribution in [0.25, 0.3) is 22.1 Å². The Hall–Kier alpha value is -4.92. The maximum Gasteiger partial charge on any atom is 0.418 e. The topological polar surface area (TPSA) is 141 Å². The Kier molecular flexibility index (Phi) is 13.8. The quantitative estimate of drug-likeness (QED) is 0.197. The van der Waals surface area contributed by atoms with Crippen molar-refractivity contribution in [3.8, 4) is 0 Å². The number of rotatable bonds is 10. The summed E-state index contributed by atoms with van der Waals surface area (Å²) >= 11 is 0. The van der Waals surface area contributed by atoms with Crippen LogP contribution in [0.15, 0.2) is 49.1 Å². The van der Waals surface area contributed by atoms with Gasteiger partial charge < -0.3 is 29.9 Å². The molecule has 2 aromatic carbocycles. The third-order valence-electron chi connectivity index (χ3n) is 13.7. The zero-order valence-electron chi connectivity index (χ0n) is 36.7. The molecule has 2 saturated carbocycles. The van der Waals surface area contributed by atoms with Gasteiger partial charge >= 0.3 is 12.4 Å². The summed E-state index contributed by atoms with van der Waals surface area (Å²) in [5.74, 6) is 1.96. The van der Waals surface area contributed by atoms with E-state index < -0.39 is 23.5 Å². The van der Waals surface area contributed by atoms with Gasteiger partial charge in [-0.2, -0.15) is 26.3 Å². The normalized spacial score (nSPS) is 24.8. The molecule has 2 aliphatic carbocycles. The van der Waals surface area contributed by atoms with Crippen LogP contribution in [0.5, 0.6) is 0 Å². The lowest BCUT2D eigenvalue weighted by Crippen LogP contribution is -2.53. The molecule has 2 aromatic heterocycles. The molecule has 0 bridgehead atoms. The van der Waals surface area contributed by atoms with E-state index in [0.717, 1.165) is 64.2 Å². The molecule has 0 spiro atoms. The highest BCUT2D eigenvalue weighted by atomic mass is 19.4. The number of ether oxygens (including phenoxy) is 2. The average molecular weight is 927 g/mol. The van der Waals surface area contributed by atoms with Crippen molar-refractivity contribution in [3.05, 3.63) is 60.2 Å². The van der Waals surface area contributed by atoms with Gasteiger partial charge in [0, 0.05) is 89.2 Å². The van der Waals surface area contributed by atoms with Crippen molar-refractivity contribution in [1.82, 2.24) is 40.4 Å². The number of benzene rings is 2. The Labute approximate surface area is 378 Å². The Morgan fingerprint density at radius 3 is 1.24 bits per heavy atom. The average Bonchev–Trinajstić information content (AvgIpc) is 4.23. The summed E-state index contributed by atoms with van der Waals surface area (Å²) in [6.07, 6.45) is 2.88. The number of carbonyl (C=O) groups excluding carboxylic acids is 2. The van der Waals surface area contributed by atoms with Crippen molar-refractivity contribution in [2.75, 3.05) is 102 Å². The minimum absolute atomic E-state index is 0.0182. The molecule has 4 saturated heterocycles. The number of aromatic nitrogens is 4. The number of carbonyl (C=O) groups is 2. The van der Waals surface area contributed by atoms with Crippen LogP contribution >= 0.6 is 0 Å². The number of hydrogen-bond donors (Lipinski definition) is 2. The lowest BCUT2D eigenvalue weighted by atomic mass is 9.89. The molecule has 4 aliphatic heterocycles. The third-order valence-corrected chi connectivity index (χ3v) is 13.7. The number of nitrogens with one attached hydrogen (secondary N) is 2. The number of halogens is 6. The number of fused-ring (bicyclic) bond motifs is 2. The number of nitrogens with zero attached hydrogens (tertiary/aromatic N) is 8. The summed E-state index contributed by atoms with van der Waals surface area (Å²) in [5, 5.41) is 6.37. The summed E-state index contributed by atoms with van der Waals surface area (Å²) in [7, 11) is 0. The molecule has 14 nitrogen and oxygen atoms in total. The van der Waals surface area contributed by atoms with E-state index in [1.165, 1.54) is 62.6 Å². The smallest absolute Gasteiger partial charge is 0.379 e. The largest absolute Gasteiger partial charge is 0.418 e. The predicted molar refractivity (Wildman–Crippen MR) is 234 cm³/mol. The van der Waals surface area contributed by atoms with Crippen molar-refractivity contribution in [3.63, 3.8) is 0 Å². The van der Waals surface area contributed by atoms with Gasteiger partial charge in [-0.1, -0.05) is 0 Å². The van der Waals surface area contributed by atoms with Gasteiger partial charge in [-0.05, 0) is 86.5 Å². The van der Waals surface area contributed by atoms with Crippen molar-refractivity contribution in [2.45, 2.75) is 63.0 Å². The summed E-state index contributed by atoms with van der Waals surface area (Å²) in [6, 6.07) is 5.07. The molecule has 6 fully saturated rings. The van der Waals surface area contributed by atoms with E-state index in [0.29, 0.717) is 87.7 Å². The highest BCUT2D eigenvalue weighted by Crippen LogP contribution is 2.45. The van der Waals surface area contributed by atoms with Gasteiger partial charge in [-0.15, -0.1) is 0 Å². The molecule has 10 rings (SSSR count). The zero-order chi connectivity index (χ0) is 46.0. The first-order chi connectivity index (χ1) is 31.8. The first kappa shape index (κ1) is 46.2. The number of anilines is 2. The Balaban J connectivity index is 0.000000166. The SMILES string of the molecule is O=C(CN1CCOCC1)N[C@@H]1C[C@H](C2CC2)CN(c2ccc(C(F)(F)F)c3nccnc23)C1.O=C(CN1CCOCC1)N[C@@H]1C[C@H](C2CC2)CN(c2ccc(C(F)(F)F)c3nccnc23)C1. The lowest BCUT2D eigenvalue weighted by Gasteiger charge is -2.40. The van der Waals surface area contributed by atoms with Crippen LogP contribution in [-0.2, 0) is 31.4 Å². The standard InChI is InChI=1S/2C23H28F3N5O2/c2*24-23(25,26)18-3-4-19(22-21(18)27-5-6-28-22)31-12-16(15-1-2-15)11-17(13-31)29-20(32)14-30-7-9-33-10-8-30/h2*3-6,15-17H,1-2,7-14H2,(H,29,32)/t2*16-,17+/m00/s1. The van der Waals surface area contributed by atoms with Crippen LogP contribution in [0.3, 0.4) is 0 Å². The summed E-state index contributed by atoms with van der Waals surface area (Å²) in [6.45, 7) is 8.75. The van der Waals surface area contributed by atoms with Crippen molar-refractivity contribution in [1.29, 1.82) is 0 Å². The van der Waals surface area contributed by atoms with Crippen molar-refractivity contribution in [2.24, 2.45) is 23.7 Å². The van der Waals surface area contributed by atoms with Gasteiger partial charge in [0.1, 0.15) is 22.1 Å². The van der Waals surface area contributed by atoms with Gasteiger partial charge in [0.2, 0.25) is 11.8 Å². The monoisotopic (exact) mass is 926 g/mol. The van der Waals surface area contributed by atoms with E-state index in [-0.39, 0.29) is 46.0 Å². The lowest BCUT2D eigenvalue weighted by molar-refractivity contribution is -0.137. The van der Waals surface area contributed by atoms with Crippen LogP contribution in [0.2, 0.25) is 0 Å². The maximum atomic E-state index is 13.5. The molecule has 6 heterocycles. The van der Waals surface area contributed by atoms with Crippen LogP contribution in [0.4, 0.5) is 37.7 Å². The molecular formula is C46H56F6N10O4. The molecule has 66 heavy (non-hydrogen) atoms. The van der Waals surface area contributed by atoms with E-state index >= 15 is 0 Å². The summed E-state index contributed by atoms with van der Waals surface area (Å²) in [4.78, 5) is 50.3. The minimum atomic E-state index is -4.50. The first-order valence-electron chi connectivity index (χ1n) is 23.1. The molecule has 2 amide bonds. The van der Waals surface area contributed by atoms with E-state index in [1.807, 2.05) is 0 Å². The predicted octanol–water partition coefficient (Wildman–Crippen LogP) is 5.40. The maximum absolute atomic E-state index is 13.5. The van der Waals surface area contributed by atoms with Crippen LogP contribution < -0.4 is 20.4 Å². The van der Waals surface area contributed by atoms with E-state index in [4.69, 9.17) is 9.47 Å². The Morgan fingerprint density at radius 2 is 0.894 bits per heavy atom. The first-order valence-corrected chi connectivity index (χ1v) is 23.1. The van der Waals surface area contributed by atoms with Gasteiger partial charge in [0.25, 0.3) is 0 Å². The molecule has 20 heteroatoms. The summed E-state index contributed by atoms with van der Waals surface area (Å²) < 4.78 is 91.8. The fourth-order valence-electron chi connectivity index (χ4n) is 10.2. The molecule has 356 valence electrons. The second-order valence-electron chi connectivity index (χ2n) is 18.5. The number of piperidine rings is 2. The zero-order valence-corrected chi connectivity index (χ0v) is 36.7. The highest BCUT2D eigenvalue weighted by molar-refractivity contribution is 5.92.